The molecule has 1 unspecified atom stereocenters. The quantitative estimate of drug-likeness (QED) is 0.336. The minimum atomic E-state index is -0.969. The van der Waals surface area contributed by atoms with Gasteiger partial charge in [-0.1, -0.05) is 17.9 Å². The molecule has 0 aromatic rings. The third-order valence-corrected chi connectivity index (χ3v) is 2.48. The first-order valence-electron chi connectivity index (χ1n) is 3.09. The van der Waals surface area contributed by atoms with E-state index in [9.17, 15) is 4.79 Å². The van der Waals surface area contributed by atoms with Crippen LogP contribution in [0, 0.1) is 12.3 Å². The number of carbonyl (C=O) groups is 1. The zero-order valence-electron chi connectivity index (χ0n) is 6.46. The molecule has 0 spiro atoms. The zero-order valence-corrected chi connectivity index (χ0v) is 7.27. The molecule has 1 aliphatic rings. The molecule has 1 amide bonds. The van der Waals surface area contributed by atoms with Crippen LogP contribution < -0.4 is 0 Å². The summed E-state index contributed by atoms with van der Waals surface area (Å²) in [5.74, 6) is 2.22. The molecule has 1 heterocycles. The van der Waals surface area contributed by atoms with Gasteiger partial charge >= 0.3 is 0 Å². The topological polar surface area (TPSA) is 29.5 Å². The van der Waals surface area contributed by atoms with Crippen LogP contribution in [-0.2, 0) is 9.53 Å². The summed E-state index contributed by atoms with van der Waals surface area (Å²) in [5, 5.41) is 0. The number of hydrogen-bond acceptors (Lipinski definition) is 3. The van der Waals surface area contributed by atoms with E-state index in [4.69, 9.17) is 11.2 Å². The van der Waals surface area contributed by atoms with Crippen LogP contribution in [0.2, 0.25) is 0 Å². The Hall–Kier alpha value is -0.660. The van der Waals surface area contributed by atoms with Gasteiger partial charge in [-0.25, -0.2) is 0 Å². The van der Waals surface area contributed by atoms with E-state index in [2.05, 4.69) is 5.92 Å². The minimum absolute atomic E-state index is 0.130. The fourth-order valence-corrected chi connectivity index (χ4v) is 1.54. The van der Waals surface area contributed by atoms with Gasteiger partial charge in [0.2, 0.25) is 5.60 Å². The molecule has 11 heavy (non-hydrogen) atoms. The molecule has 1 saturated heterocycles. The first kappa shape index (κ1) is 8.44. The normalized spacial score (nSPS) is 29.5. The summed E-state index contributed by atoms with van der Waals surface area (Å²) in [6.07, 6.45) is 6.98. The standard InChI is InChI=1S/C7H9NO2S/c1-4-7(10-2)5-8(11-3)6(7)9/h1H,5H2,2-3H3. The largest absolute Gasteiger partial charge is 0.355 e. The van der Waals surface area contributed by atoms with Gasteiger partial charge in [-0.05, 0) is 0 Å². The van der Waals surface area contributed by atoms with Gasteiger partial charge in [0.05, 0.1) is 6.54 Å². The molecule has 1 rings (SSSR count). The fourth-order valence-electron chi connectivity index (χ4n) is 0.917. The van der Waals surface area contributed by atoms with Crippen LogP contribution in [0.5, 0.6) is 0 Å². The molecular weight excluding hydrogens is 162 g/mol. The number of amides is 1. The Kier molecular flexibility index (Phi) is 2.12. The summed E-state index contributed by atoms with van der Waals surface area (Å²) in [4.78, 5) is 11.2. The molecule has 0 N–H and O–H groups in total. The van der Waals surface area contributed by atoms with Gasteiger partial charge in [-0.15, -0.1) is 6.42 Å². The molecule has 1 fully saturated rings. The van der Waals surface area contributed by atoms with Crippen LogP contribution in [0.1, 0.15) is 0 Å². The molecule has 3 nitrogen and oxygen atoms in total. The summed E-state index contributed by atoms with van der Waals surface area (Å²) in [7, 11) is 1.45. The van der Waals surface area contributed by atoms with E-state index in [-0.39, 0.29) is 5.91 Å². The van der Waals surface area contributed by atoms with Gasteiger partial charge in [0, 0.05) is 13.4 Å². The Bertz CT molecular complexity index is 223. The lowest BCUT2D eigenvalue weighted by molar-refractivity contribution is -0.158. The van der Waals surface area contributed by atoms with E-state index >= 15 is 0 Å². The van der Waals surface area contributed by atoms with Gasteiger partial charge < -0.3 is 4.74 Å². The van der Waals surface area contributed by atoms with Crippen LogP contribution in [0.25, 0.3) is 0 Å². The highest BCUT2D eigenvalue weighted by molar-refractivity contribution is 7.96. The van der Waals surface area contributed by atoms with Crippen molar-refractivity contribution in [1.29, 1.82) is 0 Å². The Labute approximate surface area is 70.2 Å². The molecule has 0 radical (unpaired) electrons. The third-order valence-electron chi connectivity index (χ3n) is 1.74. The maximum absolute atomic E-state index is 11.2. The monoisotopic (exact) mass is 171 g/mol. The molecule has 1 aliphatic heterocycles. The van der Waals surface area contributed by atoms with Crippen molar-refractivity contribution in [3.8, 4) is 12.3 Å². The van der Waals surface area contributed by atoms with E-state index in [1.807, 2.05) is 6.26 Å². The lowest BCUT2D eigenvalue weighted by Crippen LogP contribution is -2.64. The summed E-state index contributed by atoms with van der Waals surface area (Å²) in [5.41, 5.74) is -0.969. The predicted molar refractivity (Wildman–Crippen MR) is 43.8 cm³/mol. The van der Waals surface area contributed by atoms with E-state index in [1.165, 1.54) is 19.1 Å². The van der Waals surface area contributed by atoms with E-state index in [0.29, 0.717) is 6.54 Å². The third kappa shape index (κ3) is 1.01. The van der Waals surface area contributed by atoms with Gasteiger partial charge in [0.15, 0.2) is 0 Å². The fraction of sp³-hybridized carbons (Fsp3) is 0.571. The second-order valence-electron chi connectivity index (χ2n) is 2.20. The number of rotatable bonds is 2. The van der Waals surface area contributed by atoms with Crippen molar-refractivity contribution in [2.75, 3.05) is 19.9 Å². The van der Waals surface area contributed by atoms with Crippen molar-refractivity contribution < 1.29 is 9.53 Å². The number of methoxy groups -OCH3 is 1. The molecule has 0 saturated carbocycles. The smallest absolute Gasteiger partial charge is 0.279 e. The van der Waals surface area contributed by atoms with Crippen molar-refractivity contribution >= 4 is 17.9 Å². The van der Waals surface area contributed by atoms with Crippen LogP contribution in [0.4, 0.5) is 0 Å². The molecule has 0 bridgehead atoms. The van der Waals surface area contributed by atoms with E-state index in [0.717, 1.165) is 0 Å². The molecular formula is C7H9NO2S. The highest BCUT2D eigenvalue weighted by Gasteiger charge is 2.51. The van der Waals surface area contributed by atoms with Crippen LogP contribution in [0.15, 0.2) is 0 Å². The minimum Gasteiger partial charge on any atom is -0.355 e. The molecule has 0 aromatic heterocycles. The Balaban J connectivity index is 2.68. The zero-order chi connectivity index (χ0) is 8.48. The van der Waals surface area contributed by atoms with Crippen molar-refractivity contribution in [3.63, 3.8) is 0 Å². The number of hydrogen-bond donors (Lipinski definition) is 0. The average molecular weight is 171 g/mol. The number of carbonyl (C=O) groups excluding carboxylic acids is 1. The van der Waals surface area contributed by atoms with Gasteiger partial charge in [0.1, 0.15) is 0 Å². The highest BCUT2D eigenvalue weighted by atomic mass is 32.2. The predicted octanol–water partition coefficient (Wildman–Crippen LogP) is 0.125. The van der Waals surface area contributed by atoms with Crippen molar-refractivity contribution in [3.05, 3.63) is 0 Å². The number of ether oxygens (including phenoxy) is 1. The maximum Gasteiger partial charge on any atom is 0.279 e. The Morgan fingerprint density at radius 2 is 2.55 bits per heavy atom. The van der Waals surface area contributed by atoms with Gasteiger partial charge in [0.25, 0.3) is 5.91 Å². The van der Waals surface area contributed by atoms with Gasteiger partial charge in [-0.2, -0.15) is 0 Å². The summed E-state index contributed by atoms with van der Waals surface area (Å²) < 4.78 is 6.50. The van der Waals surface area contributed by atoms with Crippen LogP contribution >= 0.6 is 11.9 Å². The molecule has 60 valence electrons. The van der Waals surface area contributed by atoms with E-state index < -0.39 is 5.60 Å². The second-order valence-corrected chi connectivity index (χ2v) is 3.01. The average Bonchev–Trinajstić information content (AvgIpc) is 2.05. The first-order chi connectivity index (χ1) is 5.20. The molecule has 0 aliphatic carbocycles. The molecule has 4 heteroatoms. The molecule has 1 atom stereocenters. The summed E-state index contributed by atoms with van der Waals surface area (Å²) >= 11 is 1.36. The summed E-state index contributed by atoms with van der Waals surface area (Å²) in [6, 6.07) is 0. The van der Waals surface area contributed by atoms with Crippen LogP contribution in [0.3, 0.4) is 0 Å². The summed E-state index contributed by atoms with van der Waals surface area (Å²) in [6.45, 7) is 0.486. The Morgan fingerprint density at radius 3 is 2.82 bits per heavy atom. The van der Waals surface area contributed by atoms with Crippen LogP contribution in [-0.4, -0.2) is 35.7 Å². The van der Waals surface area contributed by atoms with Crippen molar-refractivity contribution in [2.45, 2.75) is 5.60 Å². The SMILES string of the molecule is C#CC1(OC)CN(SC)C1=O. The lowest BCUT2D eigenvalue weighted by Gasteiger charge is -2.42. The van der Waals surface area contributed by atoms with Gasteiger partial charge in [-0.3, -0.25) is 9.10 Å². The first-order valence-corrected chi connectivity index (χ1v) is 4.27. The van der Waals surface area contributed by atoms with E-state index in [1.54, 1.807) is 4.31 Å². The Morgan fingerprint density at radius 1 is 1.91 bits per heavy atom. The van der Waals surface area contributed by atoms with Crippen molar-refractivity contribution in [2.24, 2.45) is 0 Å². The number of terminal acetylenes is 1. The van der Waals surface area contributed by atoms with Crippen molar-refractivity contribution in [1.82, 2.24) is 4.31 Å². The molecule has 0 aromatic carbocycles. The highest BCUT2D eigenvalue weighted by Crippen LogP contribution is 2.30. The lowest BCUT2D eigenvalue weighted by atomic mass is 9.97. The number of β-lactam (4-membered cyclic amide) rings is 1. The second kappa shape index (κ2) is 2.76. The number of nitrogens with zero attached hydrogens (tertiary/aromatic N) is 1. The maximum atomic E-state index is 11.2.